The Morgan fingerprint density at radius 2 is 1.03 bits per heavy atom. The second-order valence-electron chi connectivity index (χ2n) is 7.14. The van der Waals surface area contributed by atoms with Gasteiger partial charge in [-0.05, 0) is 37.1 Å². The van der Waals surface area contributed by atoms with E-state index in [9.17, 15) is 9.59 Å². The standard InChI is InChI=1S/C22H28Cl2N8O2/c23-15-9-3-5-11-17(15)29-21(33)31-19(25)27-13-7-1-2-8-14-28-20(26)32-22(34)30-18-12-6-4-10-16(18)24/h3-6,9-12H,1-2,7-8,13-14H2,(H4,25,27,29,31,33)(H4,26,28,30,32,34). The number of carbonyl (C=O) groups is 2. The van der Waals surface area contributed by atoms with Crippen LogP contribution in [0.4, 0.5) is 21.0 Å². The largest absolute Gasteiger partial charge is 0.356 e. The number of anilines is 2. The summed E-state index contributed by atoms with van der Waals surface area (Å²) in [6.07, 6.45) is 3.43. The van der Waals surface area contributed by atoms with Crippen molar-refractivity contribution in [3.05, 3.63) is 58.6 Å². The van der Waals surface area contributed by atoms with Gasteiger partial charge in [0.1, 0.15) is 0 Å². The van der Waals surface area contributed by atoms with Crippen molar-refractivity contribution in [1.82, 2.24) is 21.3 Å². The highest BCUT2D eigenvalue weighted by molar-refractivity contribution is 6.34. The zero-order chi connectivity index (χ0) is 24.8. The summed E-state index contributed by atoms with van der Waals surface area (Å²) in [6.45, 7) is 1.08. The average molecular weight is 507 g/mol. The quantitative estimate of drug-likeness (QED) is 0.143. The van der Waals surface area contributed by atoms with Gasteiger partial charge in [0, 0.05) is 13.1 Å². The lowest BCUT2D eigenvalue weighted by molar-refractivity contribution is 0.255. The van der Waals surface area contributed by atoms with E-state index < -0.39 is 12.1 Å². The molecular formula is C22H28Cl2N8O2. The molecule has 0 bridgehead atoms. The second-order valence-corrected chi connectivity index (χ2v) is 7.95. The number of para-hydroxylation sites is 2. The maximum Gasteiger partial charge on any atom is 0.326 e. The normalized spacial score (nSPS) is 10.1. The molecular weight excluding hydrogens is 479 g/mol. The van der Waals surface area contributed by atoms with Gasteiger partial charge in [-0.3, -0.25) is 21.5 Å². The Labute approximate surface area is 208 Å². The maximum absolute atomic E-state index is 11.9. The van der Waals surface area contributed by atoms with Crippen molar-refractivity contribution in [2.24, 2.45) is 0 Å². The minimum Gasteiger partial charge on any atom is -0.356 e. The van der Waals surface area contributed by atoms with E-state index in [0.29, 0.717) is 34.5 Å². The number of unbranched alkanes of at least 4 members (excludes halogenated alkanes) is 3. The Morgan fingerprint density at radius 3 is 1.41 bits per heavy atom. The first kappa shape index (κ1) is 26.7. The molecule has 8 N–H and O–H groups in total. The molecule has 0 saturated carbocycles. The van der Waals surface area contributed by atoms with Crippen LogP contribution in [0.1, 0.15) is 25.7 Å². The zero-order valence-corrected chi connectivity index (χ0v) is 19.9. The van der Waals surface area contributed by atoms with Crippen LogP contribution in [0.3, 0.4) is 0 Å². The number of hydrogen-bond acceptors (Lipinski definition) is 4. The number of rotatable bonds is 9. The molecule has 4 amide bonds. The van der Waals surface area contributed by atoms with Crippen LogP contribution in [0, 0.1) is 10.8 Å². The summed E-state index contributed by atoms with van der Waals surface area (Å²) in [5.74, 6) is -0.193. The lowest BCUT2D eigenvalue weighted by Crippen LogP contribution is -2.42. The number of guanidine groups is 2. The van der Waals surface area contributed by atoms with Gasteiger partial charge in [-0.2, -0.15) is 0 Å². The predicted molar refractivity (Wildman–Crippen MR) is 137 cm³/mol. The van der Waals surface area contributed by atoms with Crippen molar-refractivity contribution >= 4 is 58.6 Å². The number of nitrogens with one attached hydrogen (secondary N) is 8. The fourth-order valence-corrected chi connectivity index (χ4v) is 3.14. The molecule has 0 unspecified atom stereocenters. The molecule has 0 fully saturated rings. The van der Waals surface area contributed by atoms with Crippen LogP contribution in [-0.4, -0.2) is 37.1 Å². The van der Waals surface area contributed by atoms with E-state index in [1.54, 1.807) is 48.5 Å². The Hall–Kier alpha value is -3.50. The minimum absolute atomic E-state index is 0.0965. The number of halogens is 2. The average Bonchev–Trinajstić information content (AvgIpc) is 2.78. The number of benzene rings is 2. The van der Waals surface area contributed by atoms with Gasteiger partial charge in [-0.1, -0.05) is 60.3 Å². The third-order valence-electron chi connectivity index (χ3n) is 4.43. The van der Waals surface area contributed by atoms with Gasteiger partial charge in [0.15, 0.2) is 11.9 Å². The summed E-state index contributed by atoms with van der Waals surface area (Å²) >= 11 is 12.0. The highest BCUT2D eigenvalue weighted by Crippen LogP contribution is 2.20. The molecule has 0 atom stereocenters. The molecule has 0 aliphatic carbocycles. The number of amides is 4. The summed E-state index contributed by atoms with van der Waals surface area (Å²) in [4.78, 5) is 23.8. The summed E-state index contributed by atoms with van der Waals surface area (Å²) in [5.41, 5.74) is 0.931. The molecule has 2 aromatic carbocycles. The van der Waals surface area contributed by atoms with Gasteiger partial charge < -0.3 is 21.3 Å². The van der Waals surface area contributed by atoms with E-state index in [4.69, 9.17) is 34.0 Å². The van der Waals surface area contributed by atoms with Crippen LogP contribution < -0.4 is 31.9 Å². The molecule has 0 spiro atoms. The van der Waals surface area contributed by atoms with E-state index in [0.717, 1.165) is 25.7 Å². The first-order valence-electron chi connectivity index (χ1n) is 10.6. The van der Waals surface area contributed by atoms with E-state index in [-0.39, 0.29) is 11.9 Å². The van der Waals surface area contributed by atoms with Gasteiger partial charge in [0.2, 0.25) is 0 Å². The topological polar surface area (TPSA) is 154 Å². The van der Waals surface area contributed by atoms with Gasteiger partial charge in [-0.25, -0.2) is 9.59 Å². The third kappa shape index (κ3) is 10.4. The molecule has 0 radical (unpaired) electrons. The first-order valence-corrected chi connectivity index (χ1v) is 11.4. The van der Waals surface area contributed by atoms with Crippen LogP contribution >= 0.6 is 23.2 Å². The fraction of sp³-hybridized carbons (Fsp3) is 0.273. The Bertz CT molecular complexity index is 923. The SMILES string of the molecule is N=C(NCCCCCCNC(=N)NC(=O)Nc1ccccc1Cl)NC(=O)Nc1ccccc1Cl. The van der Waals surface area contributed by atoms with Gasteiger partial charge in [-0.15, -0.1) is 0 Å². The molecule has 182 valence electrons. The lowest BCUT2D eigenvalue weighted by atomic mass is 10.2. The first-order chi connectivity index (χ1) is 16.3. The summed E-state index contributed by atoms with van der Waals surface area (Å²) < 4.78 is 0. The second kappa shape index (κ2) is 14.6. The smallest absolute Gasteiger partial charge is 0.326 e. The highest BCUT2D eigenvalue weighted by atomic mass is 35.5. The summed E-state index contributed by atoms with van der Waals surface area (Å²) in [7, 11) is 0. The molecule has 34 heavy (non-hydrogen) atoms. The van der Waals surface area contributed by atoms with Crippen molar-refractivity contribution in [2.45, 2.75) is 25.7 Å². The third-order valence-corrected chi connectivity index (χ3v) is 5.09. The molecule has 2 aromatic rings. The van der Waals surface area contributed by atoms with E-state index in [2.05, 4.69) is 31.9 Å². The van der Waals surface area contributed by atoms with Crippen molar-refractivity contribution in [2.75, 3.05) is 23.7 Å². The summed E-state index contributed by atoms with van der Waals surface area (Å²) in [6, 6.07) is 12.6. The number of hydrogen-bond donors (Lipinski definition) is 8. The molecule has 0 saturated heterocycles. The fourth-order valence-electron chi connectivity index (χ4n) is 2.78. The van der Waals surface area contributed by atoms with Crippen molar-refractivity contribution < 1.29 is 9.59 Å². The molecule has 0 heterocycles. The number of urea groups is 2. The van der Waals surface area contributed by atoms with Crippen LogP contribution in [0.5, 0.6) is 0 Å². The molecule has 0 aliphatic rings. The lowest BCUT2D eigenvalue weighted by Gasteiger charge is -2.12. The van der Waals surface area contributed by atoms with Crippen molar-refractivity contribution in [3.63, 3.8) is 0 Å². The van der Waals surface area contributed by atoms with Crippen LogP contribution in [-0.2, 0) is 0 Å². The molecule has 0 aromatic heterocycles. The highest BCUT2D eigenvalue weighted by Gasteiger charge is 2.08. The molecule has 12 heteroatoms. The zero-order valence-electron chi connectivity index (χ0n) is 18.4. The Balaban J connectivity index is 1.47. The van der Waals surface area contributed by atoms with Crippen molar-refractivity contribution in [1.29, 1.82) is 10.8 Å². The van der Waals surface area contributed by atoms with Gasteiger partial charge in [0.25, 0.3) is 0 Å². The van der Waals surface area contributed by atoms with E-state index >= 15 is 0 Å². The van der Waals surface area contributed by atoms with Gasteiger partial charge in [0.05, 0.1) is 21.4 Å². The van der Waals surface area contributed by atoms with Crippen LogP contribution in [0.2, 0.25) is 10.0 Å². The van der Waals surface area contributed by atoms with Crippen LogP contribution in [0.15, 0.2) is 48.5 Å². The van der Waals surface area contributed by atoms with E-state index in [1.165, 1.54) is 0 Å². The monoisotopic (exact) mass is 506 g/mol. The predicted octanol–water partition coefficient (Wildman–Crippen LogP) is 4.55. The summed E-state index contributed by atoms with van der Waals surface area (Å²) in [5, 5.41) is 32.0. The minimum atomic E-state index is -0.548. The van der Waals surface area contributed by atoms with Crippen LogP contribution in [0.25, 0.3) is 0 Å². The number of carbonyl (C=O) groups excluding carboxylic acids is 2. The maximum atomic E-state index is 11.9. The molecule has 0 aliphatic heterocycles. The van der Waals surface area contributed by atoms with Crippen molar-refractivity contribution in [3.8, 4) is 0 Å². The Kier molecular flexibility index (Phi) is 11.5. The molecule has 2 rings (SSSR count). The van der Waals surface area contributed by atoms with E-state index in [1.807, 2.05) is 0 Å². The molecule has 10 nitrogen and oxygen atoms in total. The van der Waals surface area contributed by atoms with Gasteiger partial charge >= 0.3 is 12.1 Å². The Morgan fingerprint density at radius 1 is 0.647 bits per heavy atom.